The van der Waals surface area contributed by atoms with Crippen molar-refractivity contribution in [3.63, 3.8) is 0 Å². The first-order valence-corrected chi connectivity index (χ1v) is 6.51. The van der Waals surface area contributed by atoms with E-state index in [2.05, 4.69) is 5.32 Å². The van der Waals surface area contributed by atoms with Crippen molar-refractivity contribution in [1.82, 2.24) is 5.32 Å². The van der Waals surface area contributed by atoms with Gasteiger partial charge in [0.25, 0.3) is 0 Å². The van der Waals surface area contributed by atoms with E-state index >= 15 is 0 Å². The summed E-state index contributed by atoms with van der Waals surface area (Å²) in [5.41, 5.74) is 0.811. The summed E-state index contributed by atoms with van der Waals surface area (Å²) in [5.74, 6) is -0.165. The minimum Gasteiger partial charge on any atom is -0.394 e. The fraction of sp³-hybridized carbons (Fsp3) is 0.357. The van der Waals surface area contributed by atoms with E-state index in [0.29, 0.717) is 31.2 Å². The lowest BCUT2D eigenvalue weighted by atomic mass is 10.2. The van der Waals surface area contributed by atoms with Crippen LogP contribution in [0.2, 0.25) is 5.02 Å². The Balaban J connectivity index is 2.22. The van der Waals surface area contributed by atoms with E-state index in [1.54, 1.807) is 12.1 Å². The molecule has 0 aliphatic heterocycles. The fourth-order valence-electron chi connectivity index (χ4n) is 1.39. The van der Waals surface area contributed by atoms with Crippen LogP contribution in [0.1, 0.15) is 12.0 Å². The number of hydrogen-bond donors (Lipinski definition) is 2. The number of amides is 1. The normalized spacial score (nSPS) is 10.8. The SMILES string of the molecule is O=C(/C=C/c1ccccc1Cl)NCCCOCCO. The maximum Gasteiger partial charge on any atom is 0.244 e. The van der Waals surface area contributed by atoms with Crippen molar-refractivity contribution >= 4 is 23.6 Å². The van der Waals surface area contributed by atoms with E-state index in [1.165, 1.54) is 6.08 Å². The number of benzene rings is 1. The zero-order valence-corrected chi connectivity index (χ0v) is 11.4. The summed E-state index contributed by atoms with van der Waals surface area (Å²) in [5, 5.41) is 11.8. The van der Waals surface area contributed by atoms with Crippen LogP contribution in [0.25, 0.3) is 6.08 Å². The van der Waals surface area contributed by atoms with Gasteiger partial charge < -0.3 is 15.2 Å². The van der Waals surface area contributed by atoms with Gasteiger partial charge in [0.2, 0.25) is 5.91 Å². The van der Waals surface area contributed by atoms with Crippen molar-refractivity contribution in [1.29, 1.82) is 0 Å². The lowest BCUT2D eigenvalue weighted by Crippen LogP contribution is -2.23. The molecule has 1 rings (SSSR count). The number of nitrogens with one attached hydrogen (secondary N) is 1. The Kier molecular flexibility index (Phi) is 7.89. The quantitative estimate of drug-likeness (QED) is 0.566. The number of halogens is 1. The molecule has 5 heteroatoms. The third kappa shape index (κ3) is 6.96. The lowest BCUT2D eigenvalue weighted by Gasteiger charge is -2.03. The highest BCUT2D eigenvalue weighted by molar-refractivity contribution is 6.32. The summed E-state index contributed by atoms with van der Waals surface area (Å²) < 4.78 is 5.07. The van der Waals surface area contributed by atoms with Gasteiger partial charge >= 0.3 is 0 Å². The van der Waals surface area contributed by atoms with E-state index in [9.17, 15) is 4.79 Å². The third-order valence-corrected chi connectivity index (χ3v) is 2.66. The van der Waals surface area contributed by atoms with E-state index in [-0.39, 0.29) is 12.5 Å². The molecule has 1 amide bonds. The molecule has 19 heavy (non-hydrogen) atoms. The zero-order chi connectivity index (χ0) is 13.9. The Hall–Kier alpha value is -1.36. The van der Waals surface area contributed by atoms with Crippen LogP contribution in [0.5, 0.6) is 0 Å². The first-order valence-electron chi connectivity index (χ1n) is 6.13. The summed E-state index contributed by atoms with van der Waals surface area (Å²) in [6.45, 7) is 1.42. The predicted octanol–water partition coefficient (Wildman–Crippen LogP) is 1.87. The third-order valence-electron chi connectivity index (χ3n) is 2.32. The van der Waals surface area contributed by atoms with Crippen LogP contribution in [0.15, 0.2) is 30.3 Å². The molecule has 104 valence electrons. The summed E-state index contributed by atoms with van der Waals surface area (Å²) in [4.78, 5) is 11.5. The van der Waals surface area contributed by atoms with Crippen LogP contribution in [0, 0.1) is 0 Å². The first-order chi connectivity index (χ1) is 9.24. The van der Waals surface area contributed by atoms with E-state index in [1.807, 2.05) is 18.2 Å². The molecule has 0 atom stereocenters. The van der Waals surface area contributed by atoms with Crippen LogP contribution >= 0.6 is 11.6 Å². The number of hydrogen-bond acceptors (Lipinski definition) is 3. The lowest BCUT2D eigenvalue weighted by molar-refractivity contribution is -0.116. The van der Waals surface area contributed by atoms with Gasteiger partial charge in [-0.2, -0.15) is 0 Å². The van der Waals surface area contributed by atoms with E-state index < -0.39 is 0 Å². The summed E-state index contributed by atoms with van der Waals surface area (Å²) in [6, 6.07) is 7.32. The molecule has 0 saturated heterocycles. The maximum atomic E-state index is 11.5. The Labute approximate surface area is 118 Å². The Morgan fingerprint density at radius 2 is 2.16 bits per heavy atom. The second-order valence-electron chi connectivity index (χ2n) is 3.84. The Morgan fingerprint density at radius 3 is 2.89 bits per heavy atom. The van der Waals surface area contributed by atoms with Gasteiger partial charge in [-0.15, -0.1) is 0 Å². The second kappa shape index (κ2) is 9.55. The van der Waals surface area contributed by atoms with Gasteiger partial charge in [-0.1, -0.05) is 29.8 Å². The number of carbonyl (C=O) groups excluding carboxylic acids is 1. The number of aliphatic hydroxyl groups excluding tert-OH is 1. The molecule has 0 radical (unpaired) electrons. The van der Waals surface area contributed by atoms with Crippen LogP contribution in [-0.2, 0) is 9.53 Å². The Bertz CT molecular complexity index is 421. The van der Waals surface area contributed by atoms with Crippen LogP contribution in [0.3, 0.4) is 0 Å². The summed E-state index contributed by atoms with van der Waals surface area (Å²) >= 11 is 5.96. The fourth-order valence-corrected chi connectivity index (χ4v) is 1.59. The standard InChI is InChI=1S/C14H18ClNO3/c15-13-5-2-1-4-12(13)6-7-14(18)16-8-3-10-19-11-9-17/h1-2,4-7,17H,3,8-11H2,(H,16,18)/b7-6+. The van der Waals surface area contributed by atoms with Crippen molar-refractivity contribution in [3.8, 4) is 0 Å². The van der Waals surface area contributed by atoms with Gasteiger partial charge in [0.05, 0.1) is 13.2 Å². The molecule has 0 aromatic heterocycles. The summed E-state index contributed by atoms with van der Waals surface area (Å²) in [6.07, 6.45) is 3.85. The molecule has 0 aliphatic rings. The van der Waals surface area contributed by atoms with Gasteiger partial charge in [-0.25, -0.2) is 0 Å². The zero-order valence-electron chi connectivity index (χ0n) is 10.6. The predicted molar refractivity (Wildman–Crippen MR) is 76.0 cm³/mol. The highest BCUT2D eigenvalue weighted by Gasteiger charge is 1.97. The minimum absolute atomic E-state index is 0.0208. The smallest absolute Gasteiger partial charge is 0.244 e. The largest absolute Gasteiger partial charge is 0.394 e. The van der Waals surface area contributed by atoms with Gasteiger partial charge in [-0.3, -0.25) is 4.79 Å². The second-order valence-corrected chi connectivity index (χ2v) is 4.24. The van der Waals surface area contributed by atoms with Crippen LogP contribution in [-0.4, -0.2) is 37.4 Å². The molecule has 0 heterocycles. The van der Waals surface area contributed by atoms with Crippen molar-refractivity contribution in [2.24, 2.45) is 0 Å². The highest BCUT2D eigenvalue weighted by Crippen LogP contribution is 2.15. The molecule has 2 N–H and O–H groups in total. The van der Waals surface area contributed by atoms with Gasteiger partial charge in [0.15, 0.2) is 0 Å². The number of aliphatic hydroxyl groups is 1. The molecule has 1 aromatic carbocycles. The molecule has 4 nitrogen and oxygen atoms in total. The van der Waals surface area contributed by atoms with Crippen molar-refractivity contribution in [2.45, 2.75) is 6.42 Å². The van der Waals surface area contributed by atoms with Gasteiger partial charge in [0.1, 0.15) is 0 Å². The van der Waals surface area contributed by atoms with Gasteiger partial charge in [-0.05, 0) is 24.1 Å². The van der Waals surface area contributed by atoms with Crippen molar-refractivity contribution in [2.75, 3.05) is 26.4 Å². The van der Waals surface area contributed by atoms with Crippen molar-refractivity contribution in [3.05, 3.63) is 40.9 Å². The van der Waals surface area contributed by atoms with E-state index in [0.717, 1.165) is 5.56 Å². The minimum atomic E-state index is -0.165. The molecule has 0 aliphatic carbocycles. The molecule has 0 fully saturated rings. The molecule has 0 saturated carbocycles. The average Bonchev–Trinajstić information content (AvgIpc) is 2.42. The van der Waals surface area contributed by atoms with Crippen molar-refractivity contribution < 1.29 is 14.6 Å². The molecular formula is C14H18ClNO3. The maximum absolute atomic E-state index is 11.5. The molecule has 0 bridgehead atoms. The number of ether oxygens (including phenoxy) is 1. The highest BCUT2D eigenvalue weighted by atomic mass is 35.5. The molecule has 0 spiro atoms. The molecule has 1 aromatic rings. The monoisotopic (exact) mass is 283 g/mol. The van der Waals surface area contributed by atoms with Crippen LogP contribution in [0.4, 0.5) is 0 Å². The molecular weight excluding hydrogens is 266 g/mol. The number of rotatable bonds is 8. The Morgan fingerprint density at radius 1 is 1.37 bits per heavy atom. The average molecular weight is 284 g/mol. The van der Waals surface area contributed by atoms with Crippen LogP contribution < -0.4 is 5.32 Å². The summed E-state index contributed by atoms with van der Waals surface area (Å²) in [7, 11) is 0. The molecule has 0 unspecified atom stereocenters. The van der Waals surface area contributed by atoms with E-state index in [4.69, 9.17) is 21.4 Å². The first kappa shape index (κ1) is 15.7. The van der Waals surface area contributed by atoms with Gasteiger partial charge in [0, 0.05) is 24.3 Å². The number of carbonyl (C=O) groups is 1. The topological polar surface area (TPSA) is 58.6 Å².